The van der Waals surface area contributed by atoms with Gasteiger partial charge < -0.3 is 5.32 Å². The van der Waals surface area contributed by atoms with Crippen LogP contribution in [0.4, 0.5) is 0 Å². The van der Waals surface area contributed by atoms with E-state index >= 15 is 0 Å². The molecule has 0 bridgehead atoms. The molecule has 0 aromatic rings. The number of sulfonamides is 1. The highest BCUT2D eigenvalue weighted by molar-refractivity contribution is 7.91. The first kappa shape index (κ1) is 16.9. The normalized spacial score (nSPS) is 22.5. The van der Waals surface area contributed by atoms with Crippen molar-refractivity contribution in [3.8, 4) is 0 Å². The van der Waals surface area contributed by atoms with E-state index < -0.39 is 25.1 Å². The summed E-state index contributed by atoms with van der Waals surface area (Å²) in [5.41, 5.74) is 0. The van der Waals surface area contributed by atoms with Gasteiger partial charge in [0.2, 0.25) is 10.0 Å². The van der Waals surface area contributed by atoms with E-state index in [4.69, 9.17) is 0 Å². The van der Waals surface area contributed by atoms with Crippen LogP contribution in [0.25, 0.3) is 0 Å². The molecule has 1 unspecified atom stereocenters. The summed E-state index contributed by atoms with van der Waals surface area (Å²) in [5, 5.41) is 2.55. The summed E-state index contributed by atoms with van der Waals surface area (Å²) in [6.45, 7) is 5.95. The third kappa shape index (κ3) is 5.76. The van der Waals surface area contributed by atoms with Crippen LogP contribution in [0, 0.1) is 0 Å². The summed E-state index contributed by atoms with van der Waals surface area (Å²) in [7, 11) is -6.36. The Balaban J connectivity index is 2.51. The molecule has 8 heteroatoms. The monoisotopic (exact) mass is 312 g/mol. The van der Waals surface area contributed by atoms with E-state index in [0.717, 1.165) is 0 Å². The minimum absolute atomic E-state index is 0.0683. The molecule has 114 valence electrons. The van der Waals surface area contributed by atoms with E-state index in [1.54, 1.807) is 6.92 Å². The van der Waals surface area contributed by atoms with Crippen molar-refractivity contribution in [3.63, 3.8) is 0 Å². The molecule has 0 aromatic heterocycles. The van der Waals surface area contributed by atoms with Crippen LogP contribution in [0.5, 0.6) is 0 Å². The van der Waals surface area contributed by atoms with Gasteiger partial charge in [-0.05, 0) is 19.8 Å². The van der Waals surface area contributed by atoms with E-state index in [2.05, 4.69) is 10.0 Å². The standard InChI is InChI=1S/C11H24N2O4S2/c1-9(2)12-8-10(3)19(16,17)13-11-4-6-18(14,15)7-5-11/h9-13H,4-8H2,1-3H3. The lowest BCUT2D eigenvalue weighted by Gasteiger charge is -2.25. The molecule has 1 aliphatic heterocycles. The van der Waals surface area contributed by atoms with Gasteiger partial charge in [-0.2, -0.15) is 0 Å². The van der Waals surface area contributed by atoms with Gasteiger partial charge in [0, 0.05) is 18.6 Å². The Bertz CT molecular complexity index is 471. The highest BCUT2D eigenvalue weighted by atomic mass is 32.2. The number of nitrogens with one attached hydrogen (secondary N) is 2. The molecule has 0 amide bonds. The van der Waals surface area contributed by atoms with E-state index in [0.29, 0.717) is 19.4 Å². The summed E-state index contributed by atoms with van der Waals surface area (Å²) in [6.07, 6.45) is 0.734. The Morgan fingerprint density at radius 1 is 1.16 bits per heavy atom. The molecule has 1 saturated heterocycles. The van der Waals surface area contributed by atoms with Crippen LogP contribution in [-0.4, -0.2) is 52.2 Å². The minimum Gasteiger partial charge on any atom is -0.313 e. The molecule has 0 aromatic carbocycles. The first-order chi connectivity index (χ1) is 8.62. The predicted octanol–water partition coefficient (Wildman–Crippen LogP) is -0.130. The fourth-order valence-electron chi connectivity index (χ4n) is 1.87. The Morgan fingerprint density at radius 2 is 1.68 bits per heavy atom. The summed E-state index contributed by atoms with van der Waals surface area (Å²) in [4.78, 5) is 0. The van der Waals surface area contributed by atoms with Gasteiger partial charge in [-0.15, -0.1) is 0 Å². The largest absolute Gasteiger partial charge is 0.313 e. The molecule has 0 saturated carbocycles. The maximum atomic E-state index is 12.1. The van der Waals surface area contributed by atoms with Crippen molar-refractivity contribution in [2.24, 2.45) is 0 Å². The van der Waals surface area contributed by atoms with Gasteiger partial charge in [0.25, 0.3) is 0 Å². The van der Waals surface area contributed by atoms with Crippen LogP contribution in [0.3, 0.4) is 0 Å². The van der Waals surface area contributed by atoms with Gasteiger partial charge in [-0.1, -0.05) is 13.8 Å². The average Bonchev–Trinajstić information content (AvgIpc) is 2.28. The molecule has 0 spiro atoms. The van der Waals surface area contributed by atoms with Crippen molar-refractivity contribution in [2.75, 3.05) is 18.1 Å². The second kappa shape index (κ2) is 6.51. The molecule has 0 aliphatic carbocycles. The molecule has 6 nitrogen and oxygen atoms in total. The van der Waals surface area contributed by atoms with E-state index in [1.165, 1.54) is 0 Å². The molecule has 19 heavy (non-hydrogen) atoms. The van der Waals surface area contributed by atoms with Crippen LogP contribution in [0.15, 0.2) is 0 Å². The van der Waals surface area contributed by atoms with Gasteiger partial charge in [0.1, 0.15) is 9.84 Å². The zero-order valence-corrected chi connectivity index (χ0v) is 13.4. The zero-order chi connectivity index (χ0) is 14.7. The van der Waals surface area contributed by atoms with Crippen molar-refractivity contribution >= 4 is 19.9 Å². The van der Waals surface area contributed by atoms with Gasteiger partial charge in [0.05, 0.1) is 16.8 Å². The van der Waals surface area contributed by atoms with Crippen LogP contribution < -0.4 is 10.0 Å². The highest BCUT2D eigenvalue weighted by Gasteiger charge is 2.29. The van der Waals surface area contributed by atoms with Gasteiger partial charge >= 0.3 is 0 Å². The Labute approximate surface area is 116 Å². The maximum absolute atomic E-state index is 12.1. The predicted molar refractivity (Wildman–Crippen MR) is 76.3 cm³/mol. The summed E-state index contributed by atoms with van der Waals surface area (Å²) in [5.74, 6) is 0.137. The smallest absolute Gasteiger partial charge is 0.215 e. The quantitative estimate of drug-likeness (QED) is 0.713. The van der Waals surface area contributed by atoms with Crippen LogP contribution in [-0.2, 0) is 19.9 Å². The second-order valence-corrected chi connectivity index (χ2v) is 9.90. The SMILES string of the molecule is CC(C)NCC(C)S(=O)(=O)NC1CCS(=O)(=O)CC1. The van der Waals surface area contributed by atoms with Crippen LogP contribution >= 0.6 is 0 Å². The van der Waals surface area contributed by atoms with E-state index in [9.17, 15) is 16.8 Å². The number of hydrogen-bond donors (Lipinski definition) is 2. The summed E-state index contributed by atoms with van der Waals surface area (Å²) >= 11 is 0. The highest BCUT2D eigenvalue weighted by Crippen LogP contribution is 2.14. The Hall–Kier alpha value is -0.180. The zero-order valence-electron chi connectivity index (χ0n) is 11.7. The lowest BCUT2D eigenvalue weighted by molar-refractivity contribution is 0.494. The molecular formula is C11H24N2O4S2. The molecule has 1 atom stereocenters. The number of sulfone groups is 1. The molecule has 0 radical (unpaired) electrons. The van der Waals surface area contributed by atoms with Gasteiger partial charge in [-0.3, -0.25) is 0 Å². The maximum Gasteiger partial charge on any atom is 0.215 e. The third-order valence-corrected chi connectivity index (χ3v) is 6.83. The Kier molecular flexibility index (Phi) is 5.78. The average molecular weight is 312 g/mol. The molecule has 1 heterocycles. The third-order valence-electron chi connectivity index (χ3n) is 3.23. The first-order valence-electron chi connectivity index (χ1n) is 6.57. The van der Waals surface area contributed by atoms with E-state index in [1.807, 2.05) is 13.8 Å². The molecule has 1 fully saturated rings. The van der Waals surface area contributed by atoms with Gasteiger partial charge in [-0.25, -0.2) is 21.6 Å². The topological polar surface area (TPSA) is 92.3 Å². The lowest BCUT2D eigenvalue weighted by atomic mass is 10.2. The summed E-state index contributed by atoms with van der Waals surface area (Å²) < 4.78 is 49.3. The van der Waals surface area contributed by atoms with Crippen molar-refractivity contribution in [2.45, 2.75) is 50.9 Å². The second-order valence-electron chi connectivity index (χ2n) is 5.46. The van der Waals surface area contributed by atoms with Gasteiger partial charge in [0.15, 0.2) is 0 Å². The molecular weight excluding hydrogens is 288 g/mol. The van der Waals surface area contributed by atoms with Crippen LogP contribution in [0.1, 0.15) is 33.6 Å². The fourth-order valence-corrected chi connectivity index (χ4v) is 4.61. The van der Waals surface area contributed by atoms with Crippen molar-refractivity contribution in [3.05, 3.63) is 0 Å². The van der Waals surface area contributed by atoms with Crippen molar-refractivity contribution in [1.29, 1.82) is 0 Å². The number of hydrogen-bond acceptors (Lipinski definition) is 5. The van der Waals surface area contributed by atoms with E-state index in [-0.39, 0.29) is 23.6 Å². The lowest BCUT2D eigenvalue weighted by Crippen LogP contribution is -2.47. The van der Waals surface area contributed by atoms with Crippen LogP contribution in [0.2, 0.25) is 0 Å². The van der Waals surface area contributed by atoms with Crippen molar-refractivity contribution in [1.82, 2.24) is 10.0 Å². The minimum atomic E-state index is -3.40. The molecule has 2 N–H and O–H groups in total. The fraction of sp³-hybridized carbons (Fsp3) is 1.00. The molecule has 1 rings (SSSR count). The molecule has 1 aliphatic rings. The number of rotatable bonds is 6. The Morgan fingerprint density at radius 3 is 2.16 bits per heavy atom. The summed E-state index contributed by atoms with van der Waals surface area (Å²) in [6, 6.07) is -0.0208. The first-order valence-corrected chi connectivity index (χ1v) is 9.94. The van der Waals surface area contributed by atoms with Crippen molar-refractivity contribution < 1.29 is 16.8 Å².